The fourth-order valence-corrected chi connectivity index (χ4v) is 2.75. The van der Waals surface area contributed by atoms with Gasteiger partial charge >= 0.3 is 0 Å². The van der Waals surface area contributed by atoms with Gasteiger partial charge in [0.2, 0.25) is 0 Å². The molecule has 1 aliphatic heterocycles. The maximum absolute atomic E-state index is 12.4. The van der Waals surface area contributed by atoms with Gasteiger partial charge in [0, 0.05) is 12.6 Å². The van der Waals surface area contributed by atoms with Crippen LogP contribution < -0.4 is 0 Å². The molecule has 0 aliphatic carbocycles. The molecule has 0 saturated carbocycles. The lowest BCUT2D eigenvalue weighted by molar-refractivity contribution is 0.0682. The number of halogens is 1. The highest BCUT2D eigenvalue weighted by Crippen LogP contribution is 2.26. The quantitative estimate of drug-likeness (QED) is 0.915. The zero-order valence-electron chi connectivity index (χ0n) is 10.5. The van der Waals surface area contributed by atoms with Crippen LogP contribution in [0, 0.1) is 0 Å². The molecule has 1 N–H and O–H groups in total. The van der Waals surface area contributed by atoms with Crippen molar-refractivity contribution in [1.82, 2.24) is 4.90 Å². The van der Waals surface area contributed by atoms with E-state index in [1.807, 2.05) is 17.0 Å². The first-order valence-electron chi connectivity index (χ1n) is 6.33. The minimum Gasteiger partial charge on any atom is -0.393 e. The summed E-state index contributed by atoms with van der Waals surface area (Å²) in [5.74, 6) is -0.0243. The molecule has 18 heavy (non-hydrogen) atoms. The predicted molar refractivity (Wildman–Crippen MR) is 71.8 cm³/mol. The molecular weight excluding hydrogens is 250 g/mol. The summed E-state index contributed by atoms with van der Waals surface area (Å²) in [6, 6.07) is 7.25. The predicted octanol–water partition coefficient (Wildman–Crippen LogP) is 2.72. The first-order valence-corrected chi connectivity index (χ1v) is 6.71. The van der Waals surface area contributed by atoms with Crippen molar-refractivity contribution in [2.75, 3.05) is 6.54 Å². The van der Waals surface area contributed by atoms with Gasteiger partial charge in [-0.25, -0.2) is 0 Å². The summed E-state index contributed by atoms with van der Waals surface area (Å²) in [6.45, 7) is 2.51. The zero-order chi connectivity index (χ0) is 13.1. The van der Waals surface area contributed by atoms with E-state index < -0.39 is 0 Å². The summed E-state index contributed by atoms with van der Waals surface area (Å²) in [7, 11) is 0. The van der Waals surface area contributed by atoms with Crippen molar-refractivity contribution in [2.24, 2.45) is 0 Å². The molecule has 1 aromatic carbocycles. The lowest BCUT2D eigenvalue weighted by Gasteiger charge is -2.26. The number of aliphatic hydroxyl groups is 1. The van der Waals surface area contributed by atoms with Crippen LogP contribution >= 0.6 is 11.6 Å². The van der Waals surface area contributed by atoms with Gasteiger partial charge in [-0.15, -0.1) is 0 Å². The molecule has 1 amide bonds. The van der Waals surface area contributed by atoms with Crippen molar-refractivity contribution in [3.63, 3.8) is 0 Å². The maximum atomic E-state index is 12.4. The van der Waals surface area contributed by atoms with Gasteiger partial charge < -0.3 is 10.0 Å². The topological polar surface area (TPSA) is 40.5 Å². The number of carbonyl (C=O) groups is 1. The molecule has 2 unspecified atom stereocenters. The highest BCUT2D eigenvalue weighted by Gasteiger charge is 2.30. The van der Waals surface area contributed by atoms with Gasteiger partial charge in [0.25, 0.3) is 5.91 Å². The Morgan fingerprint density at radius 2 is 2.28 bits per heavy atom. The Morgan fingerprint density at radius 3 is 2.94 bits per heavy atom. The summed E-state index contributed by atoms with van der Waals surface area (Å²) in [6.07, 6.45) is 2.21. The average Bonchev–Trinajstić information content (AvgIpc) is 2.76. The van der Waals surface area contributed by atoms with Crippen molar-refractivity contribution in [3.8, 4) is 0 Å². The van der Waals surface area contributed by atoms with E-state index in [1.54, 1.807) is 19.1 Å². The summed E-state index contributed by atoms with van der Waals surface area (Å²) in [4.78, 5) is 14.3. The second-order valence-electron chi connectivity index (χ2n) is 4.86. The number of aliphatic hydroxyl groups excluding tert-OH is 1. The molecule has 1 heterocycles. The van der Waals surface area contributed by atoms with Crippen molar-refractivity contribution in [2.45, 2.75) is 38.3 Å². The van der Waals surface area contributed by atoms with Gasteiger partial charge in [-0.3, -0.25) is 4.79 Å². The number of likely N-dealkylation sites (tertiary alicyclic amines) is 1. The van der Waals surface area contributed by atoms with E-state index in [0.29, 0.717) is 17.0 Å². The van der Waals surface area contributed by atoms with Gasteiger partial charge in [-0.2, -0.15) is 0 Å². The molecule has 98 valence electrons. The number of carbonyl (C=O) groups excluding carboxylic acids is 1. The monoisotopic (exact) mass is 267 g/mol. The van der Waals surface area contributed by atoms with Crippen molar-refractivity contribution in [3.05, 3.63) is 34.9 Å². The fourth-order valence-electron chi connectivity index (χ4n) is 2.53. The van der Waals surface area contributed by atoms with Crippen LogP contribution in [0.3, 0.4) is 0 Å². The molecule has 0 aromatic heterocycles. The van der Waals surface area contributed by atoms with Crippen LogP contribution in [-0.4, -0.2) is 34.6 Å². The van der Waals surface area contributed by atoms with Gasteiger partial charge in [0.15, 0.2) is 0 Å². The van der Waals surface area contributed by atoms with E-state index in [0.717, 1.165) is 19.4 Å². The number of hydrogen-bond donors (Lipinski definition) is 1. The second kappa shape index (κ2) is 5.72. The summed E-state index contributed by atoms with van der Waals surface area (Å²) in [5.41, 5.74) is 0.552. The molecule has 0 spiro atoms. The number of amides is 1. The first kappa shape index (κ1) is 13.4. The summed E-state index contributed by atoms with van der Waals surface area (Å²) >= 11 is 6.05. The van der Waals surface area contributed by atoms with Crippen LogP contribution in [0.15, 0.2) is 24.3 Å². The molecule has 1 aliphatic rings. The van der Waals surface area contributed by atoms with Crippen LogP contribution in [0.4, 0.5) is 0 Å². The first-order chi connectivity index (χ1) is 8.59. The van der Waals surface area contributed by atoms with Crippen molar-refractivity contribution in [1.29, 1.82) is 0 Å². The Kier molecular flexibility index (Phi) is 4.25. The van der Waals surface area contributed by atoms with Crippen LogP contribution in [0.2, 0.25) is 5.02 Å². The van der Waals surface area contributed by atoms with Crippen LogP contribution in [0.5, 0.6) is 0 Å². The molecule has 4 heteroatoms. The van der Waals surface area contributed by atoms with Gasteiger partial charge in [-0.1, -0.05) is 23.7 Å². The van der Waals surface area contributed by atoms with Crippen molar-refractivity contribution < 1.29 is 9.90 Å². The second-order valence-corrected chi connectivity index (χ2v) is 5.27. The molecule has 2 rings (SSSR count). The Bertz CT molecular complexity index is 434. The fraction of sp³-hybridized carbons (Fsp3) is 0.500. The highest BCUT2D eigenvalue weighted by atomic mass is 35.5. The van der Waals surface area contributed by atoms with Crippen LogP contribution in [-0.2, 0) is 0 Å². The number of hydrogen-bond acceptors (Lipinski definition) is 2. The summed E-state index contributed by atoms with van der Waals surface area (Å²) in [5, 5.41) is 9.96. The molecule has 3 nitrogen and oxygen atoms in total. The van der Waals surface area contributed by atoms with Gasteiger partial charge in [0.05, 0.1) is 16.7 Å². The van der Waals surface area contributed by atoms with Gasteiger partial charge in [0.1, 0.15) is 0 Å². The van der Waals surface area contributed by atoms with Crippen LogP contribution in [0.25, 0.3) is 0 Å². The summed E-state index contributed by atoms with van der Waals surface area (Å²) < 4.78 is 0. The van der Waals surface area contributed by atoms with Crippen molar-refractivity contribution >= 4 is 17.5 Å². The Morgan fingerprint density at radius 1 is 1.56 bits per heavy atom. The lowest BCUT2D eigenvalue weighted by Crippen LogP contribution is -2.37. The molecule has 0 bridgehead atoms. The molecule has 1 saturated heterocycles. The third-order valence-electron chi connectivity index (χ3n) is 3.36. The van der Waals surface area contributed by atoms with E-state index in [2.05, 4.69) is 0 Å². The smallest absolute Gasteiger partial charge is 0.255 e. The third kappa shape index (κ3) is 2.85. The number of nitrogens with zero attached hydrogens (tertiary/aromatic N) is 1. The standard InChI is InChI=1S/C14H18ClNO2/c1-10(17)9-11-5-4-8-16(11)14(18)12-6-2-3-7-13(12)15/h2-3,6-7,10-11,17H,4-5,8-9H2,1H3. The Labute approximate surface area is 112 Å². The maximum Gasteiger partial charge on any atom is 0.255 e. The number of rotatable bonds is 3. The largest absolute Gasteiger partial charge is 0.393 e. The molecule has 0 radical (unpaired) electrons. The van der Waals surface area contributed by atoms with Crippen LogP contribution in [0.1, 0.15) is 36.5 Å². The molecule has 1 aromatic rings. The molecule has 2 atom stereocenters. The van der Waals surface area contributed by atoms with E-state index in [4.69, 9.17) is 11.6 Å². The minimum atomic E-state index is -0.380. The third-order valence-corrected chi connectivity index (χ3v) is 3.69. The average molecular weight is 268 g/mol. The lowest BCUT2D eigenvalue weighted by atomic mass is 10.1. The number of benzene rings is 1. The Hall–Kier alpha value is -1.06. The van der Waals surface area contributed by atoms with Gasteiger partial charge in [-0.05, 0) is 38.3 Å². The normalized spacial score (nSPS) is 21.1. The Balaban J connectivity index is 2.15. The van der Waals surface area contributed by atoms with E-state index >= 15 is 0 Å². The minimum absolute atomic E-state index is 0.0243. The SMILES string of the molecule is CC(O)CC1CCCN1C(=O)c1ccccc1Cl. The molecular formula is C14H18ClNO2. The van der Waals surface area contributed by atoms with E-state index in [9.17, 15) is 9.90 Å². The zero-order valence-corrected chi connectivity index (χ0v) is 11.2. The van der Waals surface area contributed by atoms with E-state index in [1.165, 1.54) is 0 Å². The van der Waals surface area contributed by atoms with E-state index in [-0.39, 0.29) is 18.1 Å². The highest BCUT2D eigenvalue weighted by molar-refractivity contribution is 6.33. The molecule has 1 fully saturated rings.